The Morgan fingerprint density at radius 3 is 2.64 bits per heavy atom. The molecule has 2 fully saturated rings. The first-order valence-electron chi connectivity index (χ1n) is 9.82. The normalized spacial score (nSPS) is 28.7. The summed E-state index contributed by atoms with van der Waals surface area (Å²) in [5.74, 6) is 0.160. The van der Waals surface area contributed by atoms with E-state index >= 15 is 0 Å². The summed E-state index contributed by atoms with van der Waals surface area (Å²) in [7, 11) is 0. The van der Waals surface area contributed by atoms with Crippen LogP contribution in [0, 0.1) is 12.8 Å². The van der Waals surface area contributed by atoms with Crippen LogP contribution in [-0.2, 0) is 11.3 Å². The van der Waals surface area contributed by atoms with Gasteiger partial charge in [-0.15, -0.1) is 0 Å². The van der Waals surface area contributed by atoms with Gasteiger partial charge in [0.05, 0.1) is 5.92 Å². The molecule has 1 heterocycles. The molecule has 138 valence electrons. The third kappa shape index (κ3) is 4.62. The van der Waals surface area contributed by atoms with Crippen molar-refractivity contribution in [3.63, 3.8) is 0 Å². The predicted octanol–water partition coefficient (Wildman–Crippen LogP) is 2.98. The van der Waals surface area contributed by atoms with Crippen LogP contribution >= 0.6 is 0 Å². The number of nitrogens with one attached hydrogen (secondary N) is 1. The molecule has 3 rings (SSSR count). The second-order valence-electron chi connectivity index (χ2n) is 8.29. The largest absolute Gasteiger partial charge is 0.353 e. The Bertz CT molecular complexity index is 591. The van der Waals surface area contributed by atoms with E-state index in [-0.39, 0.29) is 17.4 Å². The molecule has 3 N–H and O–H groups in total. The summed E-state index contributed by atoms with van der Waals surface area (Å²) in [5.41, 5.74) is 8.81. The summed E-state index contributed by atoms with van der Waals surface area (Å²) in [4.78, 5) is 15.2. The molecule has 4 heteroatoms. The lowest BCUT2D eigenvalue weighted by molar-refractivity contribution is -0.129. The maximum Gasteiger partial charge on any atom is 0.225 e. The van der Waals surface area contributed by atoms with Crippen molar-refractivity contribution < 1.29 is 4.79 Å². The van der Waals surface area contributed by atoms with Gasteiger partial charge >= 0.3 is 0 Å². The molecule has 0 radical (unpaired) electrons. The molecule has 2 unspecified atom stereocenters. The fraction of sp³-hybridized carbons (Fsp3) is 0.667. The van der Waals surface area contributed by atoms with Gasteiger partial charge in [-0.25, -0.2) is 0 Å². The van der Waals surface area contributed by atoms with Gasteiger partial charge in [-0.3, -0.25) is 9.69 Å². The minimum absolute atomic E-state index is 0.0220. The molecule has 1 aliphatic carbocycles. The number of benzene rings is 1. The number of nitrogens with two attached hydrogens (primary N) is 1. The summed E-state index contributed by atoms with van der Waals surface area (Å²) >= 11 is 0. The van der Waals surface area contributed by atoms with Gasteiger partial charge in [-0.05, 0) is 50.7 Å². The van der Waals surface area contributed by atoms with E-state index < -0.39 is 0 Å². The topological polar surface area (TPSA) is 58.4 Å². The van der Waals surface area contributed by atoms with Crippen molar-refractivity contribution in [2.24, 2.45) is 11.7 Å². The molecule has 1 saturated carbocycles. The lowest BCUT2D eigenvalue weighted by Crippen LogP contribution is -2.55. The number of amides is 1. The Morgan fingerprint density at radius 1 is 1.24 bits per heavy atom. The molecule has 1 aromatic carbocycles. The zero-order chi connectivity index (χ0) is 17.9. The average Bonchev–Trinajstić information content (AvgIpc) is 2.58. The molecule has 1 aromatic rings. The van der Waals surface area contributed by atoms with Gasteiger partial charge in [0.15, 0.2) is 0 Å². The first kappa shape index (κ1) is 18.4. The second-order valence-corrected chi connectivity index (χ2v) is 8.29. The Hall–Kier alpha value is -1.39. The van der Waals surface area contributed by atoms with Crippen LogP contribution in [0.5, 0.6) is 0 Å². The van der Waals surface area contributed by atoms with E-state index in [1.807, 2.05) is 6.92 Å². The van der Waals surface area contributed by atoms with Crippen LogP contribution in [0.4, 0.5) is 0 Å². The van der Waals surface area contributed by atoms with Gasteiger partial charge in [0, 0.05) is 31.2 Å². The van der Waals surface area contributed by atoms with Crippen LogP contribution < -0.4 is 11.1 Å². The van der Waals surface area contributed by atoms with E-state index in [9.17, 15) is 4.79 Å². The molecule has 4 nitrogen and oxygen atoms in total. The second kappa shape index (κ2) is 7.88. The van der Waals surface area contributed by atoms with Gasteiger partial charge in [0.2, 0.25) is 5.91 Å². The van der Waals surface area contributed by atoms with E-state index in [0.717, 1.165) is 58.2 Å². The number of likely N-dealkylation sites (tertiary alicyclic amines) is 1. The molecule has 0 aromatic heterocycles. The van der Waals surface area contributed by atoms with Gasteiger partial charge in [0.1, 0.15) is 0 Å². The molecule has 1 amide bonds. The number of piperidine rings is 1. The molecular weight excluding hydrogens is 310 g/mol. The zero-order valence-electron chi connectivity index (χ0n) is 15.8. The van der Waals surface area contributed by atoms with E-state index in [2.05, 4.69) is 41.4 Å². The fourth-order valence-electron chi connectivity index (χ4n) is 4.35. The summed E-state index contributed by atoms with van der Waals surface area (Å²) in [6.07, 6.45) is 6.23. The minimum atomic E-state index is -0.339. The van der Waals surface area contributed by atoms with E-state index in [0.29, 0.717) is 6.04 Å². The monoisotopic (exact) mass is 343 g/mol. The smallest absolute Gasteiger partial charge is 0.225 e. The van der Waals surface area contributed by atoms with Crippen molar-refractivity contribution >= 4 is 5.91 Å². The number of aryl methyl sites for hydroxylation is 1. The Labute approximate surface area is 152 Å². The van der Waals surface area contributed by atoms with Crippen molar-refractivity contribution in [3.8, 4) is 0 Å². The SMILES string of the molecule is Cc1ccccc1CN1CCC(NC(=O)C2CCCCC2(C)N)CC1. The quantitative estimate of drug-likeness (QED) is 0.883. The third-order valence-corrected chi connectivity index (χ3v) is 6.16. The third-order valence-electron chi connectivity index (χ3n) is 6.16. The van der Waals surface area contributed by atoms with Crippen molar-refractivity contribution in [2.45, 2.75) is 70.5 Å². The van der Waals surface area contributed by atoms with Crippen LogP contribution in [0.15, 0.2) is 24.3 Å². The number of rotatable bonds is 4. The number of carbonyl (C=O) groups is 1. The zero-order valence-corrected chi connectivity index (χ0v) is 15.8. The average molecular weight is 344 g/mol. The van der Waals surface area contributed by atoms with Gasteiger partial charge in [0.25, 0.3) is 0 Å². The van der Waals surface area contributed by atoms with Crippen molar-refractivity contribution in [1.29, 1.82) is 0 Å². The Balaban J connectivity index is 1.48. The van der Waals surface area contributed by atoms with Crippen molar-refractivity contribution in [3.05, 3.63) is 35.4 Å². The van der Waals surface area contributed by atoms with Gasteiger partial charge < -0.3 is 11.1 Å². The fourth-order valence-corrected chi connectivity index (χ4v) is 4.35. The minimum Gasteiger partial charge on any atom is -0.353 e. The molecule has 25 heavy (non-hydrogen) atoms. The molecule has 1 aliphatic heterocycles. The lowest BCUT2D eigenvalue weighted by atomic mass is 9.74. The first-order chi connectivity index (χ1) is 12.0. The maximum atomic E-state index is 12.7. The van der Waals surface area contributed by atoms with Crippen LogP contribution in [0.2, 0.25) is 0 Å². The number of hydrogen-bond acceptors (Lipinski definition) is 3. The highest BCUT2D eigenvalue weighted by atomic mass is 16.2. The van der Waals surface area contributed by atoms with Crippen LogP contribution in [-0.4, -0.2) is 35.5 Å². The summed E-state index contributed by atoms with van der Waals surface area (Å²) in [6, 6.07) is 8.91. The van der Waals surface area contributed by atoms with Crippen molar-refractivity contribution in [1.82, 2.24) is 10.2 Å². The maximum absolute atomic E-state index is 12.7. The standard InChI is InChI=1S/C21H33N3O/c1-16-7-3-4-8-17(16)15-24-13-10-18(11-14-24)23-20(25)19-9-5-6-12-21(19,2)22/h3-4,7-8,18-19H,5-6,9-15,22H2,1-2H3,(H,23,25). The number of nitrogens with zero attached hydrogens (tertiary/aromatic N) is 1. The van der Waals surface area contributed by atoms with E-state index in [1.165, 1.54) is 11.1 Å². The number of hydrogen-bond donors (Lipinski definition) is 2. The molecule has 1 saturated heterocycles. The van der Waals surface area contributed by atoms with Gasteiger partial charge in [-0.2, -0.15) is 0 Å². The van der Waals surface area contributed by atoms with E-state index in [4.69, 9.17) is 5.73 Å². The van der Waals surface area contributed by atoms with Crippen molar-refractivity contribution in [2.75, 3.05) is 13.1 Å². The Morgan fingerprint density at radius 2 is 1.96 bits per heavy atom. The van der Waals surface area contributed by atoms with Crippen LogP contribution in [0.3, 0.4) is 0 Å². The summed E-state index contributed by atoms with van der Waals surface area (Å²) in [5, 5.41) is 3.29. The van der Waals surface area contributed by atoms with E-state index in [1.54, 1.807) is 0 Å². The highest BCUT2D eigenvalue weighted by molar-refractivity contribution is 5.80. The molecule has 2 aliphatic rings. The van der Waals surface area contributed by atoms with Crippen LogP contribution in [0.25, 0.3) is 0 Å². The molecule has 0 bridgehead atoms. The summed E-state index contributed by atoms with van der Waals surface area (Å²) in [6.45, 7) is 7.32. The highest BCUT2D eigenvalue weighted by Crippen LogP contribution is 2.32. The van der Waals surface area contributed by atoms with Crippen LogP contribution in [0.1, 0.15) is 56.6 Å². The number of carbonyl (C=O) groups excluding carboxylic acids is 1. The molecular formula is C21H33N3O. The predicted molar refractivity (Wildman–Crippen MR) is 102 cm³/mol. The first-order valence-corrected chi connectivity index (χ1v) is 9.82. The highest BCUT2D eigenvalue weighted by Gasteiger charge is 2.38. The van der Waals surface area contributed by atoms with Gasteiger partial charge in [-0.1, -0.05) is 37.1 Å². The molecule has 0 spiro atoms. The lowest BCUT2D eigenvalue weighted by Gasteiger charge is -2.39. The molecule has 2 atom stereocenters. The summed E-state index contributed by atoms with van der Waals surface area (Å²) < 4.78 is 0. The Kier molecular flexibility index (Phi) is 5.80.